The topological polar surface area (TPSA) is 58.6 Å². The molecule has 1 N–H and O–H groups in total. The zero-order chi connectivity index (χ0) is 24.2. The van der Waals surface area contributed by atoms with Crippen LogP contribution in [0.4, 0.5) is 11.4 Å². The number of nitrogens with one attached hydrogen (secondary N) is 1. The molecule has 1 saturated heterocycles. The molecule has 0 aliphatic carbocycles. The summed E-state index contributed by atoms with van der Waals surface area (Å²) in [5, 5.41) is 3.11. The highest BCUT2D eigenvalue weighted by Gasteiger charge is 2.33. The lowest BCUT2D eigenvalue weighted by Gasteiger charge is -2.14. The predicted molar refractivity (Wildman–Crippen MR) is 144 cm³/mol. The van der Waals surface area contributed by atoms with Gasteiger partial charge in [0.1, 0.15) is 5.75 Å². The molecular formula is C26H21ClN2O3S2. The van der Waals surface area contributed by atoms with Crippen molar-refractivity contribution in [3.8, 4) is 5.75 Å². The van der Waals surface area contributed by atoms with Crippen molar-refractivity contribution >= 4 is 69.2 Å². The van der Waals surface area contributed by atoms with E-state index in [-0.39, 0.29) is 18.4 Å². The molecule has 1 aliphatic heterocycles. The van der Waals surface area contributed by atoms with Gasteiger partial charge in [-0.2, -0.15) is 0 Å². The van der Waals surface area contributed by atoms with E-state index in [2.05, 4.69) is 5.32 Å². The van der Waals surface area contributed by atoms with Crippen molar-refractivity contribution in [3.05, 3.63) is 93.3 Å². The Balaban J connectivity index is 1.41. The average Bonchev–Trinajstić information content (AvgIpc) is 3.08. The number of thiocarbonyl (C=S) groups is 1. The van der Waals surface area contributed by atoms with E-state index in [1.807, 2.05) is 62.4 Å². The summed E-state index contributed by atoms with van der Waals surface area (Å²) in [4.78, 5) is 27.1. The van der Waals surface area contributed by atoms with Gasteiger partial charge < -0.3 is 10.1 Å². The molecule has 172 valence electrons. The molecule has 2 amide bonds. The Bertz CT molecular complexity index is 1290. The van der Waals surface area contributed by atoms with E-state index in [1.165, 1.54) is 16.7 Å². The smallest absolute Gasteiger partial charge is 0.270 e. The summed E-state index contributed by atoms with van der Waals surface area (Å²) in [6.45, 7) is 3.79. The van der Waals surface area contributed by atoms with Crippen LogP contribution in [0.25, 0.3) is 6.08 Å². The molecule has 3 aromatic rings. The van der Waals surface area contributed by atoms with Crippen molar-refractivity contribution in [2.75, 3.05) is 16.8 Å². The lowest BCUT2D eigenvalue weighted by Crippen LogP contribution is -2.27. The maximum Gasteiger partial charge on any atom is 0.270 e. The van der Waals surface area contributed by atoms with Gasteiger partial charge >= 0.3 is 0 Å². The third kappa shape index (κ3) is 5.67. The number of halogens is 1. The number of rotatable bonds is 6. The number of aryl methyl sites for hydroxylation is 2. The first kappa shape index (κ1) is 24.0. The first-order chi connectivity index (χ1) is 16.3. The van der Waals surface area contributed by atoms with E-state index in [4.69, 9.17) is 28.6 Å². The quantitative estimate of drug-likeness (QED) is 0.309. The van der Waals surface area contributed by atoms with Crippen LogP contribution in [0.1, 0.15) is 16.7 Å². The van der Waals surface area contributed by atoms with Crippen LogP contribution in [0, 0.1) is 13.8 Å². The molecule has 34 heavy (non-hydrogen) atoms. The van der Waals surface area contributed by atoms with Crippen LogP contribution in [0.3, 0.4) is 0 Å². The Morgan fingerprint density at radius 1 is 1.06 bits per heavy atom. The second kappa shape index (κ2) is 10.4. The minimum Gasteiger partial charge on any atom is -0.482 e. The van der Waals surface area contributed by atoms with Crippen LogP contribution < -0.4 is 15.0 Å². The molecule has 0 saturated carbocycles. The fourth-order valence-electron chi connectivity index (χ4n) is 3.24. The number of carbonyl (C=O) groups is 2. The molecule has 8 heteroatoms. The number of amides is 2. The van der Waals surface area contributed by atoms with Gasteiger partial charge in [-0.05, 0) is 61.9 Å². The Hall–Kier alpha value is -3.13. The molecule has 1 aliphatic rings. The van der Waals surface area contributed by atoms with Crippen molar-refractivity contribution in [1.82, 2.24) is 0 Å². The molecule has 5 nitrogen and oxygen atoms in total. The largest absolute Gasteiger partial charge is 0.482 e. The minimum atomic E-state index is -0.288. The molecule has 4 rings (SSSR count). The number of hydrogen-bond acceptors (Lipinski definition) is 5. The Labute approximate surface area is 212 Å². The van der Waals surface area contributed by atoms with Crippen molar-refractivity contribution in [3.63, 3.8) is 0 Å². The summed E-state index contributed by atoms with van der Waals surface area (Å²) in [5.74, 6) is -0.0862. The molecule has 3 aromatic carbocycles. The number of benzene rings is 3. The van der Waals surface area contributed by atoms with Gasteiger partial charge in [0.05, 0.1) is 15.6 Å². The highest BCUT2D eigenvalue weighted by molar-refractivity contribution is 8.27. The molecule has 0 spiro atoms. The van der Waals surface area contributed by atoms with E-state index < -0.39 is 0 Å². The van der Waals surface area contributed by atoms with Gasteiger partial charge in [0.25, 0.3) is 11.8 Å². The van der Waals surface area contributed by atoms with Crippen LogP contribution in [-0.2, 0) is 9.59 Å². The fourth-order valence-corrected chi connectivity index (χ4v) is 4.78. The molecule has 0 unspecified atom stereocenters. The monoisotopic (exact) mass is 508 g/mol. The lowest BCUT2D eigenvalue weighted by molar-refractivity contribution is -0.118. The maximum atomic E-state index is 13.0. The van der Waals surface area contributed by atoms with Crippen LogP contribution in [0.2, 0.25) is 5.02 Å². The van der Waals surface area contributed by atoms with Gasteiger partial charge in [0.15, 0.2) is 10.9 Å². The fraction of sp³-hybridized carbons (Fsp3) is 0.115. The Morgan fingerprint density at radius 3 is 2.35 bits per heavy atom. The van der Waals surface area contributed by atoms with E-state index >= 15 is 0 Å². The van der Waals surface area contributed by atoms with E-state index in [1.54, 1.807) is 24.3 Å². The summed E-state index contributed by atoms with van der Waals surface area (Å²) < 4.78 is 6.05. The van der Waals surface area contributed by atoms with Crippen molar-refractivity contribution in [2.45, 2.75) is 13.8 Å². The highest BCUT2D eigenvalue weighted by atomic mass is 35.5. The summed E-state index contributed by atoms with van der Waals surface area (Å²) in [7, 11) is 0. The third-order valence-electron chi connectivity index (χ3n) is 5.03. The summed E-state index contributed by atoms with van der Waals surface area (Å²) in [6.07, 6.45) is 1.74. The van der Waals surface area contributed by atoms with Crippen molar-refractivity contribution in [2.24, 2.45) is 0 Å². The zero-order valence-electron chi connectivity index (χ0n) is 18.5. The summed E-state index contributed by atoms with van der Waals surface area (Å²) in [5.41, 5.74) is 4.38. The molecular weight excluding hydrogens is 488 g/mol. The molecule has 1 heterocycles. The minimum absolute atomic E-state index is 0.178. The first-order valence-electron chi connectivity index (χ1n) is 10.4. The second-order valence-corrected chi connectivity index (χ2v) is 9.83. The van der Waals surface area contributed by atoms with Gasteiger partial charge in [0, 0.05) is 5.69 Å². The van der Waals surface area contributed by atoms with Crippen LogP contribution >= 0.6 is 35.6 Å². The second-order valence-electron chi connectivity index (χ2n) is 7.75. The van der Waals surface area contributed by atoms with E-state index in [9.17, 15) is 9.59 Å². The number of hydrogen-bond donors (Lipinski definition) is 1. The van der Waals surface area contributed by atoms with Crippen molar-refractivity contribution < 1.29 is 14.3 Å². The average molecular weight is 509 g/mol. The Kier molecular flexibility index (Phi) is 7.36. The molecule has 1 fully saturated rings. The molecule has 0 aromatic heterocycles. The third-order valence-corrected chi connectivity index (χ3v) is 6.63. The normalized spacial score (nSPS) is 14.6. The zero-order valence-corrected chi connectivity index (χ0v) is 20.9. The van der Waals surface area contributed by atoms with E-state index in [0.717, 1.165) is 22.4 Å². The number of ether oxygens (including phenoxy) is 1. The standard InChI is InChI=1S/C26H21ClN2O3S2/c1-16-3-8-19(9-4-16)28-24(30)15-32-22-12-7-18(13-21(22)27)14-23-25(31)29(26(33)34-23)20-10-5-17(2)6-11-20/h3-14H,15H2,1-2H3,(H,28,30)/b23-14-. The number of thioether (sulfide) groups is 1. The molecule has 0 radical (unpaired) electrons. The molecule has 0 bridgehead atoms. The summed E-state index contributed by atoms with van der Waals surface area (Å²) >= 11 is 13.0. The number of carbonyl (C=O) groups excluding carboxylic acids is 2. The SMILES string of the molecule is Cc1ccc(NC(=O)COc2ccc(/C=C3\SC(=S)N(c4ccc(C)cc4)C3=O)cc2Cl)cc1. The Morgan fingerprint density at radius 2 is 1.71 bits per heavy atom. The van der Waals surface area contributed by atoms with Gasteiger partial charge in [0.2, 0.25) is 0 Å². The number of nitrogens with zero attached hydrogens (tertiary/aromatic N) is 1. The highest BCUT2D eigenvalue weighted by Crippen LogP contribution is 2.37. The van der Waals surface area contributed by atoms with Crippen LogP contribution in [-0.4, -0.2) is 22.7 Å². The first-order valence-corrected chi connectivity index (χ1v) is 12.0. The van der Waals surface area contributed by atoms with Gasteiger partial charge in [-0.25, -0.2) is 0 Å². The van der Waals surface area contributed by atoms with Gasteiger partial charge in [-0.3, -0.25) is 14.5 Å². The predicted octanol–water partition coefficient (Wildman–Crippen LogP) is 6.38. The molecule has 0 atom stereocenters. The van der Waals surface area contributed by atoms with Crippen LogP contribution in [0.15, 0.2) is 71.6 Å². The lowest BCUT2D eigenvalue weighted by atomic mass is 10.2. The number of anilines is 2. The van der Waals surface area contributed by atoms with Gasteiger partial charge in [-0.15, -0.1) is 0 Å². The summed E-state index contributed by atoms with van der Waals surface area (Å²) in [6, 6.07) is 20.3. The van der Waals surface area contributed by atoms with Gasteiger partial charge in [-0.1, -0.05) is 77.0 Å². The van der Waals surface area contributed by atoms with E-state index in [0.29, 0.717) is 25.7 Å². The van der Waals surface area contributed by atoms with Crippen molar-refractivity contribution in [1.29, 1.82) is 0 Å². The van der Waals surface area contributed by atoms with Crippen LogP contribution in [0.5, 0.6) is 5.75 Å². The maximum absolute atomic E-state index is 13.0.